The van der Waals surface area contributed by atoms with Gasteiger partial charge in [-0.2, -0.15) is 0 Å². The topological polar surface area (TPSA) is 38.7 Å². The molecule has 0 aliphatic heterocycles. The van der Waals surface area contributed by atoms with Crippen molar-refractivity contribution < 1.29 is 14.6 Å². The smallest absolute Gasteiger partial charge is 0.105 e. The fourth-order valence-electron chi connectivity index (χ4n) is 2.00. The highest BCUT2D eigenvalue weighted by Crippen LogP contribution is 2.38. The van der Waals surface area contributed by atoms with Gasteiger partial charge in [-0.15, -0.1) is 0 Å². The standard InChI is InChI=1S/C14H20O3/c1-16-10-13(17-2)12-5-3-11(4-6-12)9-14(15)7-8-14/h3-6,13,15H,7-10H2,1-2H3. The monoisotopic (exact) mass is 236 g/mol. The van der Waals surface area contributed by atoms with Gasteiger partial charge in [0.1, 0.15) is 6.10 Å². The van der Waals surface area contributed by atoms with E-state index in [4.69, 9.17) is 9.47 Å². The molecular weight excluding hydrogens is 216 g/mol. The van der Waals surface area contributed by atoms with E-state index < -0.39 is 5.60 Å². The molecule has 0 bridgehead atoms. The summed E-state index contributed by atoms with van der Waals surface area (Å²) in [6, 6.07) is 8.23. The Morgan fingerprint density at radius 1 is 1.24 bits per heavy atom. The molecule has 0 radical (unpaired) electrons. The molecule has 1 aromatic rings. The number of methoxy groups -OCH3 is 2. The maximum atomic E-state index is 9.85. The molecule has 1 unspecified atom stereocenters. The van der Waals surface area contributed by atoms with Crippen LogP contribution in [0.5, 0.6) is 0 Å². The first kappa shape index (κ1) is 12.6. The zero-order valence-corrected chi connectivity index (χ0v) is 10.5. The van der Waals surface area contributed by atoms with Crippen LogP contribution in [0.4, 0.5) is 0 Å². The lowest BCUT2D eigenvalue weighted by Gasteiger charge is -2.15. The van der Waals surface area contributed by atoms with Crippen LogP contribution in [-0.4, -0.2) is 31.5 Å². The Labute approximate surface area is 102 Å². The summed E-state index contributed by atoms with van der Waals surface area (Å²) in [4.78, 5) is 0. The lowest BCUT2D eigenvalue weighted by molar-refractivity contribution is 0.0275. The minimum Gasteiger partial charge on any atom is -0.390 e. The second kappa shape index (κ2) is 5.17. The van der Waals surface area contributed by atoms with E-state index in [0.29, 0.717) is 6.61 Å². The molecule has 0 heterocycles. The Morgan fingerprint density at radius 2 is 1.88 bits per heavy atom. The molecule has 2 rings (SSSR count). The van der Waals surface area contributed by atoms with E-state index in [1.54, 1.807) is 14.2 Å². The van der Waals surface area contributed by atoms with Crippen molar-refractivity contribution in [1.82, 2.24) is 0 Å². The molecule has 1 aliphatic carbocycles. The van der Waals surface area contributed by atoms with Gasteiger partial charge < -0.3 is 14.6 Å². The van der Waals surface area contributed by atoms with Gasteiger partial charge in [-0.1, -0.05) is 24.3 Å². The van der Waals surface area contributed by atoms with Gasteiger partial charge in [-0.05, 0) is 24.0 Å². The van der Waals surface area contributed by atoms with Gasteiger partial charge in [-0.3, -0.25) is 0 Å². The Morgan fingerprint density at radius 3 is 2.35 bits per heavy atom. The number of ether oxygens (including phenoxy) is 2. The molecule has 1 fully saturated rings. The van der Waals surface area contributed by atoms with Crippen LogP contribution in [-0.2, 0) is 15.9 Å². The summed E-state index contributed by atoms with van der Waals surface area (Å²) >= 11 is 0. The van der Waals surface area contributed by atoms with Crippen molar-refractivity contribution in [1.29, 1.82) is 0 Å². The molecule has 94 valence electrons. The fraction of sp³-hybridized carbons (Fsp3) is 0.571. The van der Waals surface area contributed by atoms with Crippen LogP contribution in [0.25, 0.3) is 0 Å². The predicted molar refractivity (Wildman–Crippen MR) is 66.0 cm³/mol. The Hall–Kier alpha value is -0.900. The Balaban J connectivity index is 2.01. The molecule has 0 saturated heterocycles. The number of rotatable bonds is 6. The first-order chi connectivity index (χ1) is 8.17. The van der Waals surface area contributed by atoms with E-state index in [0.717, 1.165) is 24.8 Å². The third-order valence-corrected chi connectivity index (χ3v) is 3.31. The molecule has 0 spiro atoms. The SMILES string of the molecule is COCC(OC)c1ccc(CC2(O)CC2)cc1. The van der Waals surface area contributed by atoms with Crippen LogP contribution in [0, 0.1) is 0 Å². The molecular formula is C14H20O3. The second-order valence-electron chi connectivity index (χ2n) is 4.82. The molecule has 0 aromatic heterocycles. The van der Waals surface area contributed by atoms with E-state index in [1.807, 2.05) is 12.1 Å². The average molecular weight is 236 g/mol. The third-order valence-electron chi connectivity index (χ3n) is 3.31. The minimum atomic E-state index is -0.422. The van der Waals surface area contributed by atoms with Gasteiger partial charge in [0.2, 0.25) is 0 Å². The van der Waals surface area contributed by atoms with Crippen LogP contribution in [0.3, 0.4) is 0 Å². The van der Waals surface area contributed by atoms with Crippen molar-refractivity contribution in [2.75, 3.05) is 20.8 Å². The van der Waals surface area contributed by atoms with Crippen LogP contribution in [0.15, 0.2) is 24.3 Å². The van der Waals surface area contributed by atoms with Crippen molar-refractivity contribution >= 4 is 0 Å². The minimum absolute atomic E-state index is 0.0157. The number of benzene rings is 1. The van der Waals surface area contributed by atoms with Crippen molar-refractivity contribution in [3.63, 3.8) is 0 Å². The second-order valence-corrected chi connectivity index (χ2v) is 4.82. The van der Waals surface area contributed by atoms with Crippen LogP contribution in [0.1, 0.15) is 30.1 Å². The van der Waals surface area contributed by atoms with E-state index in [1.165, 1.54) is 5.56 Å². The fourth-order valence-corrected chi connectivity index (χ4v) is 2.00. The number of aliphatic hydroxyl groups is 1. The normalized spacial score (nSPS) is 19.0. The van der Waals surface area contributed by atoms with Gasteiger partial charge in [0.15, 0.2) is 0 Å². The van der Waals surface area contributed by atoms with E-state index in [2.05, 4.69) is 12.1 Å². The molecule has 3 nitrogen and oxygen atoms in total. The maximum absolute atomic E-state index is 9.85. The van der Waals surface area contributed by atoms with Crippen molar-refractivity contribution in [2.24, 2.45) is 0 Å². The summed E-state index contributed by atoms with van der Waals surface area (Å²) in [7, 11) is 3.35. The number of hydrogen-bond donors (Lipinski definition) is 1. The summed E-state index contributed by atoms with van der Waals surface area (Å²) in [5.74, 6) is 0. The summed E-state index contributed by atoms with van der Waals surface area (Å²) in [5.41, 5.74) is 1.87. The van der Waals surface area contributed by atoms with Gasteiger partial charge in [0.05, 0.1) is 12.2 Å². The Kier molecular flexibility index (Phi) is 3.82. The van der Waals surface area contributed by atoms with Gasteiger partial charge in [0.25, 0.3) is 0 Å². The maximum Gasteiger partial charge on any atom is 0.105 e. The van der Waals surface area contributed by atoms with Gasteiger partial charge in [0, 0.05) is 20.6 Å². The lowest BCUT2D eigenvalue weighted by atomic mass is 10.0. The average Bonchev–Trinajstić information content (AvgIpc) is 3.05. The zero-order valence-electron chi connectivity index (χ0n) is 10.5. The summed E-state index contributed by atoms with van der Waals surface area (Å²) in [6.07, 6.45) is 2.60. The molecule has 1 aromatic carbocycles. The summed E-state index contributed by atoms with van der Waals surface area (Å²) in [6.45, 7) is 0.555. The molecule has 17 heavy (non-hydrogen) atoms. The highest BCUT2D eigenvalue weighted by molar-refractivity contribution is 5.26. The van der Waals surface area contributed by atoms with Crippen LogP contribution in [0.2, 0.25) is 0 Å². The van der Waals surface area contributed by atoms with Crippen molar-refractivity contribution in [2.45, 2.75) is 31.0 Å². The third kappa shape index (κ3) is 3.28. The van der Waals surface area contributed by atoms with Crippen LogP contribution < -0.4 is 0 Å². The predicted octanol–water partition coefficient (Wildman–Crippen LogP) is 2.09. The largest absolute Gasteiger partial charge is 0.390 e. The zero-order chi connectivity index (χ0) is 12.3. The summed E-state index contributed by atoms with van der Waals surface area (Å²) in [5, 5.41) is 9.85. The van der Waals surface area contributed by atoms with E-state index >= 15 is 0 Å². The summed E-state index contributed by atoms with van der Waals surface area (Å²) < 4.78 is 10.5. The molecule has 0 amide bonds. The van der Waals surface area contributed by atoms with Gasteiger partial charge >= 0.3 is 0 Å². The molecule has 1 aliphatic rings. The first-order valence-corrected chi connectivity index (χ1v) is 6.00. The van der Waals surface area contributed by atoms with Gasteiger partial charge in [-0.25, -0.2) is 0 Å². The van der Waals surface area contributed by atoms with E-state index in [9.17, 15) is 5.11 Å². The highest BCUT2D eigenvalue weighted by Gasteiger charge is 2.39. The van der Waals surface area contributed by atoms with E-state index in [-0.39, 0.29) is 6.10 Å². The lowest BCUT2D eigenvalue weighted by Crippen LogP contribution is -2.11. The molecule has 1 atom stereocenters. The van der Waals surface area contributed by atoms with Crippen LogP contribution >= 0.6 is 0 Å². The Bertz CT molecular complexity index is 354. The highest BCUT2D eigenvalue weighted by atomic mass is 16.5. The molecule has 1 N–H and O–H groups in total. The van der Waals surface area contributed by atoms with Crippen molar-refractivity contribution in [3.8, 4) is 0 Å². The number of hydrogen-bond acceptors (Lipinski definition) is 3. The first-order valence-electron chi connectivity index (χ1n) is 6.00. The van der Waals surface area contributed by atoms with Crippen molar-refractivity contribution in [3.05, 3.63) is 35.4 Å². The molecule has 1 saturated carbocycles. The molecule has 3 heteroatoms. The quantitative estimate of drug-likeness (QED) is 0.822.